The minimum absolute atomic E-state index is 0.0174. The molecule has 5 rings (SSSR count). The van der Waals surface area contributed by atoms with E-state index in [-0.39, 0.29) is 18.7 Å². The van der Waals surface area contributed by atoms with E-state index >= 15 is 0 Å². The Labute approximate surface area is 172 Å². The van der Waals surface area contributed by atoms with Gasteiger partial charge in [0.05, 0.1) is 21.8 Å². The molecule has 3 aromatic rings. The molecule has 4 heterocycles. The summed E-state index contributed by atoms with van der Waals surface area (Å²) < 4.78 is 9.77. The van der Waals surface area contributed by atoms with Gasteiger partial charge in [0.1, 0.15) is 12.8 Å². The molecule has 0 radical (unpaired) electrons. The van der Waals surface area contributed by atoms with Gasteiger partial charge in [-0.3, -0.25) is 4.79 Å². The lowest BCUT2D eigenvalue weighted by Gasteiger charge is -2.22. The number of ether oxygens (including phenoxy) is 1. The van der Waals surface area contributed by atoms with E-state index in [9.17, 15) is 4.79 Å². The summed E-state index contributed by atoms with van der Waals surface area (Å²) in [7, 11) is 0. The summed E-state index contributed by atoms with van der Waals surface area (Å²) >= 11 is 12.9. The Morgan fingerprint density at radius 1 is 1.25 bits per heavy atom. The van der Waals surface area contributed by atoms with Gasteiger partial charge in [0, 0.05) is 48.0 Å². The van der Waals surface area contributed by atoms with Gasteiger partial charge in [0.15, 0.2) is 0 Å². The van der Waals surface area contributed by atoms with Crippen molar-refractivity contribution in [2.24, 2.45) is 0 Å². The van der Waals surface area contributed by atoms with E-state index in [2.05, 4.69) is 10.4 Å². The standard InChI is InChI=1S/C20H20Cl2N4O2/c21-14-5-4-13-18(12-9-24-26(10-12)17-3-1-2-8-28-17)15-6-7-23-16(27)11-25(15)20(13)19(14)22/h4-5,9-10,17H,1-3,6-8,11H2,(H,23,27). The molecule has 0 spiro atoms. The molecule has 28 heavy (non-hydrogen) atoms. The van der Waals surface area contributed by atoms with E-state index in [1.165, 1.54) is 0 Å². The number of fused-ring (bicyclic) bond motifs is 3. The SMILES string of the molecule is O=C1Cn2c(c(-c3cnn(C4CCCCO4)c3)c3ccc(Cl)c(Cl)c32)CCN1. The van der Waals surface area contributed by atoms with Crippen LogP contribution in [-0.2, 0) is 22.5 Å². The smallest absolute Gasteiger partial charge is 0.239 e. The molecule has 1 unspecified atom stereocenters. The Balaban J connectivity index is 1.69. The molecule has 146 valence electrons. The average molecular weight is 419 g/mol. The highest BCUT2D eigenvalue weighted by atomic mass is 35.5. The van der Waals surface area contributed by atoms with Crippen molar-refractivity contribution in [1.82, 2.24) is 19.7 Å². The van der Waals surface area contributed by atoms with Crippen molar-refractivity contribution < 1.29 is 9.53 Å². The van der Waals surface area contributed by atoms with Crippen LogP contribution in [-0.4, -0.2) is 33.4 Å². The van der Waals surface area contributed by atoms with Gasteiger partial charge in [-0.25, -0.2) is 4.68 Å². The van der Waals surface area contributed by atoms with Crippen LogP contribution in [0.2, 0.25) is 10.0 Å². The summed E-state index contributed by atoms with van der Waals surface area (Å²) in [5.74, 6) is -0.0236. The van der Waals surface area contributed by atoms with E-state index in [0.717, 1.165) is 60.0 Å². The third kappa shape index (κ3) is 2.91. The molecular weight excluding hydrogens is 399 g/mol. The van der Waals surface area contributed by atoms with Crippen LogP contribution in [0.15, 0.2) is 24.5 Å². The maximum Gasteiger partial charge on any atom is 0.239 e. The number of carbonyl (C=O) groups is 1. The molecule has 1 amide bonds. The van der Waals surface area contributed by atoms with Crippen LogP contribution in [0, 0.1) is 0 Å². The molecule has 2 aromatic heterocycles. The lowest BCUT2D eigenvalue weighted by molar-refractivity contribution is -0.121. The first kappa shape index (κ1) is 18.0. The number of benzene rings is 1. The van der Waals surface area contributed by atoms with Crippen LogP contribution >= 0.6 is 23.2 Å². The maximum atomic E-state index is 12.2. The quantitative estimate of drug-likeness (QED) is 0.678. The first-order valence-electron chi connectivity index (χ1n) is 9.55. The third-order valence-electron chi connectivity index (χ3n) is 5.55. The number of nitrogens with one attached hydrogen (secondary N) is 1. The monoisotopic (exact) mass is 418 g/mol. The van der Waals surface area contributed by atoms with Gasteiger partial charge in [0.2, 0.25) is 5.91 Å². The Hall–Kier alpha value is -2.02. The van der Waals surface area contributed by atoms with Crippen LogP contribution in [0.4, 0.5) is 0 Å². The third-order valence-corrected chi connectivity index (χ3v) is 6.34. The zero-order valence-corrected chi connectivity index (χ0v) is 16.8. The molecule has 1 atom stereocenters. The van der Waals surface area contributed by atoms with Crippen LogP contribution in [0.25, 0.3) is 22.0 Å². The summed E-state index contributed by atoms with van der Waals surface area (Å²) in [6.45, 7) is 1.59. The highest BCUT2D eigenvalue weighted by Crippen LogP contribution is 2.41. The number of rotatable bonds is 2. The van der Waals surface area contributed by atoms with Crippen LogP contribution < -0.4 is 5.32 Å². The van der Waals surface area contributed by atoms with Crippen molar-refractivity contribution in [3.05, 3.63) is 40.3 Å². The number of nitrogens with zero attached hydrogens (tertiary/aromatic N) is 3. The topological polar surface area (TPSA) is 61.1 Å². The summed E-state index contributed by atoms with van der Waals surface area (Å²) in [6.07, 6.45) is 7.82. The number of hydrogen-bond acceptors (Lipinski definition) is 3. The average Bonchev–Trinajstić information content (AvgIpc) is 3.24. The first-order chi connectivity index (χ1) is 13.6. The Morgan fingerprint density at radius 3 is 2.96 bits per heavy atom. The number of amides is 1. The van der Waals surface area contributed by atoms with Crippen LogP contribution in [0.3, 0.4) is 0 Å². The highest BCUT2D eigenvalue weighted by molar-refractivity contribution is 6.45. The molecule has 1 saturated heterocycles. The van der Waals surface area contributed by atoms with Gasteiger partial charge in [-0.2, -0.15) is 5.10 Å². The van der Waals surface area contributed by atoms with Gasteiger partial charge in [0.25, 0.3) is 0 Å². The molecule has 0 aliphatic carbocycles. The van der Waals surface area contributed by atoms with E-state index in [0.29, 0.717) is 16.6 Å². The second-order valence-electron chi connectivity index (χ2n) is 7.30. The van der Waals surface area contributed by atoms with E-state index < -0.39 is 0 Å². The van der Waals surface area contributed by atoms with Crippen LogP contribution in [0.1, 0.15) is 31.2 Å². The summed E-state index contributed by atoms with van der Waals surface area (Å²) in [6, 6.07) is 3.79. The van der Waals surface area contributed by atoms with Gasteiger partial charge < -0.3 is 14.6 Å². The summed E-state index contributed by atoms with van der Waals surface area (Å²) in [5, 5.41) is 9.45. The molecule has 1 aromatic carbocycles. The van der Waals surface area contributed by atoms with Gasteiger partial charge in [-0.05, 0) is 25.3 Å². The summed E-state index contributed by atoms with van der Waals surface area (Å²) in [4.78, 5) is 12.2. The van der Waals surface area contributed by atoms with Crippen molar-refractivity contribution in [2.75, 3.05) is 13.2 Å². The summed E-state index contributed by atoms with van der Waals surface area (Å²) in [5.41, 5.74) is 3.94. The number of hydrogen-bond donors (Lipinski definition) is 1. The van der Waals surface area contributed by atoms with Gasteiger partial charge in [-0.15, -0.1) is 0 Å². The zero-order chi connectivity index (χ0) is 19.3. The molecule has 0 saturated carbocycles. The van der Waals surface area contributed by atoms with Gasteiger partial charge >= 0.3 is 0 Å². The Morgan fingerprint density at radius 2 is 2.14 bits per heavy atom. The number of aromatic nitrogens is 3. The normalized spacial score (nSPS) is 20.1. The molecular formula is C20H20Cl2N4O2. The van der Waals surface area contributed by atoms with Crippen molar-refractivity contribution in [2.45, 2.75) is 38.5 Å². The van der Waals surface area contributed by atoms with Gasteiger partial charge in [-0.1, -0.05) is 29.3 Å². The van der Waals surface area contributed by atoms with E-state index in [1.807, 2.05) is 33.8 Å². The second kappa shape index (κ2) is 7.10. The highest BCUT2D eigenvalue weighted by Gasteiger charge is 2.26. The second-order valence-corrected chi connectivity index (χ2v) is 8.08. The Kier molecular flexibility index (Phi) is 4.57. The minimum Gasteiger partial charge on any atom is -0.357 e. The van der Waals surface area contributed by atoms with E-state index in [4.69, 9.17) is 27.9 Å². The minimum atomic E-state index is -0.0236. The van der Waals surface area contributed by atoms with Crippen molar-refractivity contribution in [1.29, 1.82) is 0 Å². The van der Waals surface area contributed by atoms with Crippen LogP contribution in [0.5, 0.6) is 0 Å². The zero-order valence-electron chi connectivity index (χ0n) is 15.3. The Bertz CT molecular complexity index is 1070. The molecule has 0 bridgehead atoms. The molecule has 6 nitrogen and oxygen atoms in total. The fourth-order valence-electron chi connectivity index (χ4n) is 4.26. The maximum absolute atomic E-state index is 12.2. The fraction of sp³-hybridized carbons (Fsp3) is 0.400. The number of carbonyl (C=O) groups excluding carboxylic acids is 1. The predicted molar refractivity (Wildman–Crippen MR) is 109 cm³/mol. The van der Waals surface area contributed by atoms with Crippen molar-refractivity contribution >= 4 is 40.0 Å². The molecule has 2 aliphatic heterocycles. The molecule has 8 heteroatoms. The largest absolute Gasteiger partial charge is 0.357 e. The lowest BCUT2D eigenvalue weighted by atomic mass is 10.0. The molecule has 1 fully saturated rings. The lowest BCUT2D eigenvalue weighted by Crippen LogP contribution is -2.25. The molecule has 1 N–H and O–H groups in total. The predicted octanol–water partition coefficient (Wildman–Crippen LogP) is 4.18. The molecule has 2 aliphatic rings. The fourth-order valence-corrected chi connectivity index (χ4v) is 4.68. The first-order valence-corrected chi connectivity index (χ1v) is 10.3. The van der Waals surface area contributed by atoms with Crippen molar-refractivity contribution in [3.63, 3.8) is 0 Å². The van der Waals surface area contributed by atoms with Crippen molar-refractivity contribution in [3.8, 4) is 11.1 Å². The van der Waals surface area contributed by atoms with E-state index in [1.54, 1.807) is 0 Å². The number of halogens is 2.